The second kappa shape index (κ2) is 7.81. The number of benzene rings is 2. The van der Waals surface area contributed by atoms with Crippen LogP contribution in [0, 0.1) is 11.3 Å². The number of aromatic amines is 1. The number of nitriles is 1. The van der Waals surface area contributed by atoms with E-state index in [0.717, 1.165) is 0 Å². The van der Waals surface area contributed by atoms with E-state index in [9.17, 15) is 4.79 Å². The number of nitrogens with zero attached hydrogens (tertiary/aromatic N) is 4. The zero-order valence-electron chi connectivity index (χ0n) is 14.0. The molecule has 3 rings (SSSR count). The number of hydrogen-bond donors (Lipinski definition) is 2. The van der Waals surface area contributed by atoms with Gasteiger partial charge in [0.15, 0.2) is 0 Å². The second-order valence-corrected chi connectivity index (χ2v) is 5.48. The van der Waals surface area contributed by atoms with Gasteiger partial charge in [0, 0.05) is 18.8 Å². The second-order valence-electron chi connectivity index (χ2n) is 5.48. The Morgan fingerprint density at radius 3 is 2.77 bits per heavy atom. The van der Waals surface area contributed by atoms with E-state index in [1.54, 1.807) is 55.6 Å². The Balaban J connectivity index is 1.63. The van der Waals surface area contributed by atoms with Crippen LogP contribution in [0.5, 0.6) is 11.5 Å². The predicted molar refractivity (Wildman–Crippen MR) is 94.5 cm³/mol. The molecule has 0 unspecified atom stereocenters. The van der Waals surface area contributed by atoms with Gasteiger partial charge in [-0.1, -0.05) is 6.07 Å². The van der Waals surface area contributed by atoms with Crippen molar-refractivity contribution in [2.75, 3.05) is 12.4 Å². The summed E-state index contributed by atoms with van der Waals surface area (Å²) in [5.74, 6) is 1.78. The SMILES string of the molecule is CN(Cc1ncn[nH]1)C(=O)Nc1cccc(Oc2ccc(C#N)cc2)c1. The summed E-state index contributed by atoms with van der Waals surface area (Å²) in [7, 11) is 1.66. The fourth-order valence-electron chi connectivity index (χ4n) is 2.19. The number of nitrogens with one attached hydrogen (secondary N) is 2. The van der Waals surface area contributed by atoms with Gasteiger partial charge in [0.2, 0.25) is 0 Å². The first-order valence-corrected chi connectivity index (χ1v) is 7.78. The molecule has 3 aromatic rings. The highest BCUT2D eigenvalue weighted by Crippen LogP contribution is 2.24. The van der Waals surface area contributed by atoms with Crippen molar-refractivity contribution in [3.8, 4) is 17.6 Å². The lowest BCUT2D eigenvalue weighted by Crippen LogP contribution is -2.31. The maximum absolute atomic E-state index is 12.3. The Labute approximate surface area is 150 Å². The molecule has 0 bridgehead atoms. The number of aromatic nitrogens is 3. The molecule has 0 saturated carbocycles. The molecule has 1 heterocycles. The molecule has 2 N–H and O–H groups in total. The van der Waals surface area contributed by atoms with Crippen LogP contribution in [0.4, 0.5) is 10.5 Å². The standard InChI is InChI=1S/C18H16N6O2/c1-24(11-17-20-12-21-23-17)18(25)22-14-3-2-4-16(9-14)26-15-7-5-13(10-19)6-8-15/h2-9,12H,11H2,1H3,(H,22,25)(H,20,21,23). The molecule has 0 aliphatic heterocycles. The highest BCUT2D eigenvalue weighted by Gasteiger charge is 2.11. The van der Waals surface area contributed by atoms with E-state index >= 15 is 0 Å². The quantitative estimate of drug-likeness (QED) is 0.736. The van der Waals surface area contributed by atoms with Crippen LogP contribution in [0.2, 0.25) is 0 Å². The molecule has 0 atom stereocenters. The smallest absolute Gasteiger partial charge is 0.321 e. The molecule has 8 heteroatoms. The summed E-state index contributed by atoms with van der Waals surface area (Å²) in [4.78, 5) is 17.7. The summed E-state index contributed by atoms with van der Waals surface area (Å²) in [6.07, 6.45) is 1.39. The Bertz CT molecular complexity index is 916. The van der Waals surface area contributed by atoms with E-state index < -0.39 is 0 Å². The summed E-state index contributed by atoms with van der Waals surface area (Å²) in [5.41, 5.74) is 1.17. The Hall–Kier alpha value is -3.86. The van der Waals surface area contributed by atoms with Crippen molar-refractivity contribution >= 4 is 11.7 Å². The van der Waals surface area contributed by atoms with Crippen molar-refractivity contribution in [3.63, 3.8) is 0 Å². The van der Waals surface area contributed by atoms with Crippen LogP contribution in [0.1, 0.15) is 11.4 Å². The molecule has 8 nitrogen and oxygen atoms in total. The van der Waals surface area contributed by atoms with Crippen molar-refractivity contribution in [1.82, 2.24) is 20.1 Å². The van der Waals surface area contributed by atoms with E-state index in [0.29, 0.717) is 35.1 Å². The molecule has 0 spiro atoms. The zero-order valence-corrected chi connectivity index (χ0v) is 14.0. The van der Waals surface area contributed by atoms with Crippen molar-refractivity contribution in [2.45, 2.75) is 6.54 Å². The minimum absolute atomic E-state index is 0.281. The van der Waals surface area contributed by atoms with Gasteiger partial charge in [-0.3, -0.25) is 5.10 Å². The van der Waals surface area contributed by atoms with Gasteiger partial charge in [-0.25, -0.2) is 9.78 Å². The number of rotatable bonds is 5. The first-order valence-electron chi connectivity index (χ1n) is 7.78. The van der Waals surface area contributed by atoms with Crippen LogP contribution in [-0.4, -0.2) is 33.2 Å². The molecule has 0 aliphatic carbocycles. The van der Waals surface area contributed by atoms with Crippen molar-refractivity contribution in [2.24, 2.45) is 0 Å². The van der Waals surface area contributed by atoms with Crippen LogP contribution in [-0.2, 0) is 6.54 Å². The number of carbonyl (C=O) groups excluding carboxylic acids is 1. The summed E-state index contributed by atoms with van der Waals surface area (Å²) in [6, 6.07) is 15.6. The lowest BCUT2D eigenvalue weighted by molar-refractivity contribution is 0.219. The third-order valence-corrected chi connectivity index (χ3v) is 3.50. The molecule has 0 saturated heterocycles. The molecule has 26 heavy (non-hydrogen) atoms. The number of ether oxygens (including phenoxy) is 1. The fraction of sp³-hybridized carbons (Fsp3) is 0.111. The highest BCUT2D eigenvalue weighted by atomic mass is 16.5. The van der Waals surface area contributed by atoms with Gasteiger partial charge in [-0.2, -0.15) is 10.4 Å². The zero-order chi connectivity index (χ0) is 18.4. The van der Waals surface area contributed by atoms with Gasteiger partial charge >= 0.3 is 6.03 Å². The monoisotopic (exact) mass is 348 g/mol. The summed E-state index contributed by atoms with van der Waals surface area (Å²) in [6.45, 7) is 0.313. The minimum Gasteiger partial charge on any atom is -0.457 e. The van der Waals surface area contributed by atoms with Crippen LogP contribution < -0.4 is 10.1 Å². The lowest BCUT2D eigenvalue weighted by Gasteiger charge is -2.17. The molecule has 0 fully saturated rings. The molecule has 2 amide bonds. The van der Waals surface area contributed by atoms with Crippen LogP contribution in [0.25, 0.3) is 0 Å². The molecule has 1 aromatic heterocycles. The van der Waals surface area contributed by atoms with Crippen molar-refractivity contribution in [1.29, 1.82) is 5.26 Å². The fourth-order valence-corrected chi connectivity index (χ4v) is 2.19. The number of amides is 2. The number of hydrogen-bond acceptors (Lipinski definition) is 5. The Kier molecular flexibility index (Phi) is 5.10. The van der Waals surface area contributed by atoms with Crippen LogP contribution in [0.15, 0.2) is 54.9 Å². The molecule has 0 radical (unpaired) electrons. The van der Waals surface area contributed by atoms with E-state index in [1.165, 1.54) is 11.2 Å². The van der Waals surface area contributed by atoms with E-state index in [-0.39, 0.29) is 6.03 Å². The van der Waals surface area contributed by atoms with Gasteiger partial charge in [0.25, 0.3) is 0 Å². The largest absolute Gasteiger partial charge is 0.457 e. The van der Waals surface area contributed by atoms with Gasteiger partial charge in [0.05, 0.1) is 18.2 Å². The summed E-state index contributed by atoms with van der Waals surface area (Å²) in [5, 5.41) is 18.1. The Morgan fingerprint density at radius 2 is 2.08 bits per heavy atom. The summed E-state index contributed by atoms with van der Waals surface area (Å²) < 4.78 is 5.75. The first kappa shape index (κ1) is 17.0. The van der Waals surface area contributed by atoms with Gasteiger partial charge < -0.3 is 15.0 Å². The topological polar surface area (TPSA) is 107 Å². The first-order chi connectivity index (χ1) is 12.6. The minimum atomic E-state index is -0.281. The molecule has 2 aromatic carbocycles. The third kappa shape index (κ3) is 4.36. The average Bonchev–Trinajstić information content (AvgIpc) is 3.15. The lowest BCUT2D eigenvalue weighted by atomic mass is 10.2. The van der Waals surface area contributed by atoms with E-state index in [4.69, 9.17) is 10.00 Å². The van der Waals surface area contributed by atoms with E-state index in [2.05, 4.69) is 26.6 Å². The third-order valence-electron chi connectivity index (χ3n) is 3.50. The van der Waals surface area contributed by atoms with Crippen molar-refractivity contribution in [3.05, 3.63) is 66.2 Å². The maximum Gasteiger partial charge on any atom is 0.321 e. The highest BCUT2D eigenvalue weighted by molar-refractivity contribution is 5.89. The number of urea groups is 1. The molecule has 0 aliphatic rings. The van der Waals surface area contributed by atoms with Crippen LogP contribution >= 0.6 is 0 Å². The van der Waals surface area contributed by atoms with Gasteiger partial charge in [-0.15, -0.1) is 0 Å². The molecular weight excluding hydrogens is 332 g/mol. The number of anilines is 1. The van der Waals surface area contributed by atoms with Crippen molar-refractivity contribution < 1.29 is 9.53 Å². The van der Waals surface area contributed by atoms with Crippen LogP contribution in [0.3, 0.4) is 0 Å². The average molecular weight is 348 g/mol. The number of carbonyl (C=O) groups is 1. The summed E-state index contributed by atoms with van der Waals surface area (Å²) >= 11 is 0. The normalized spacial score (nSPS) is 10.0. The predicted octanol–water partition coefficient (Wildman–Crippen LogP) is 3.13. The van der Waals surface area contributed by atoms with Gasteiger partial charge in [0.1, 0.15) is 23.7 Å². The number of H-pyrrole nitrogens is 1. The maximum atomic E-state index is 12.3. The molecule has 130 valence electrons. The van der Waals surface area contributed by atoms with Gasteiger partial charge in [-0.05, 0) is 36.4 Å². The Morgan fingerprint density at radius 1 is 1.27 bits per heavy atom. The molecular formula is C18H16N6O2. The van der Waals surface area contributed by atoms with E-state index in [1.807, 2.05) is 0 Å².